The first-order chi connectivity index (χ1) is 8.18. The summed E-state index contributed by atoms with van der Waals surface area (Å²) in [4.78, 5) is 4.29. The minimum atomic E-state index is -1.05. The Hall–Kier alpha value is -0.710. The summed E-state index contributed by atoms with van der Waals surface area (Å²) in [6.07, 6.45) is 3.04. The van der Waals surface area contributed by atoms with Crippen molar-refractivity contribution in [2.24, 2.45) is 0 Å². The van der Waals surface area contributed by atoms with E-state index in [0.717, 1.165) is 24.3 Å². The van der Waals surface area contributed by atoms with Crippen molar-refractivity contribution in [3.8, 4) is 0 Å². The molecule has 102 valence electrons. The first-order valence-electron chi connectivity index (χ1n) is 6.20. The van der Waals surface area contributed by atoms with Gasteiger partial charge < -0.3 is 10.6 Å². The van der Waals surface area contributed by atoms with Crippen LogP contribution >= 0.6 is 12.4 Å². The maximum Gasteiger partial charge on any atom is 0.125 e. The highest BCUT2D eigenvalue weighted by molar-refractivity contribution is 5.85. The van der Waals surface area contributed by atoms with Crippen LogP contribution in [0.15, 0.2) is 18.3 Å². The van der Waals surface area contributed by atoms with Crippen LogP contribution in [0.4, 0.5) is 4.39 Å². The Morgan fingerprint density at radius 1 is 1.39 bits per heavy atom. The molecule has 2 heterocycles. The number of hydrogen-bond donors (Lipinski definition) is 2. The summed E-state index contributed by atoms with van der Waals surface area (Å²) in [5.74, 6) is 0. The van der Waals surface area contributed by atoms with Crippen molar-refractivity contribution in [3.05, 3.63) is 29.6 Å². The molecule has 0 spiro atoms. The van der Waals surface area contributed by atoms with Crippen LogP contribution in [0.25, 0.3) is 0 Å². The molecule has 0 unspecified atom stereocenters. The quantitative estimate of drug-likeness (QED) is 0.881. The van der Waals surface area contributed by atoms with Gasteiger partial charge in [0.1, 0.15) is 5.67 Å². The molecule has 0 saturated carbocycles. The van der Waals surface area contributed by atoms with E-state index in [2.05, 4.69) is 15.6 Å². The van der Waals surface area contributed by atoms with Crippen LogP contribution in [-0.2, 0) is 6.54 Å². The molecule has 0 atom stereocenters. The summed E-state index contributed by atoms with van der Waals surface area (Å²) in [6, 6.07) is 4.01. The van der Waals surface area contributed by atoms with Crippen molar-refractivity contribution in [1.82, 2.24) is 15.6 Å². The fourth-order valence-corrected chi connectivity index (χ4v) is 2.07. The molecule has 2 rings (SSSR count). The lowest BCUT2D eigenvalue weighted by molar-refractivity contribution is 0.113. The average Bonchev–Trinajstić information content (AvgIpc) is 2.32. The third-order valence-electron chi connectivity index (χ3n) is 3.22. The fourth-order valence-electron chi connectivity index (χ4n) is 2.07. The van der Waals surface area contributed by atoms with Gasteiger partial charge in [-0.15, -0.1) is 12.4 Å². The number of alkyl halides is 1. The minimum absolute atomic E-state index is 0. The Balaban J connectivity index is 0.00000162. The Morgan fingerprint density at radius 3 is 2.72 bits per heavy atom. The first kappa shape index (κ1) is 15.3. The van der Waals surface area contributed by atoms with Gasteiger partial charge in [-0.3, -0.25) is 4.98 Å². The highest BCUT2D eigenvalue weighted by Crippen LogP contribution is 2.21. The molecular formula is C13H21ClFN3. The molecule has 0 bridgehead atoms. The molecule has 0 aliphatic carbocycles. The molecular weight excluding hydrogens is 253 g/mol. The highest BCUT2D eigenvalue weighted by Gasteiger charge is 2.30. The van der Waals surface area contributed by atoms with Gasteiger partial charge in [-0.1, -0.05) is 6.07 Å². The van der Waals surface area contributed by atoms with Gasteiger partial charge >= 0.3 is 0 Å². The lowest BCUT2D eigenvalue weighted by atomic mass is 9.94. The van der Waals surface area contributed by atoms with E-state index in [0.29, 0.717) is 25.9 Å². The normalized spacial score (nSPS) is 18.1. The molecule has 1 aliphatic rings. The molecule has 18 heavy (non-hydrogen) atoms. The van der Waals surface area contributed by atoms with E-state index in [1.54, 1.807) is 0 Å². The van der Waals surface area contributed by atoms with Gasteiger partial charge in [0.15, 0.2) is 0 Å². The van der Waals surface area contributed by atoms with E-state index < -0.39 is 5.67 Å². The highest BCUT2D eigenvalue weighted by atomic mass is 35.5. The standard InChI is InChI=1S/C13H20FN3.ClH/c1-11-2-3-12(17-8-11)9-16-10-13(14)4-6-15-7-5-13;/h2-3,8,15-16H,4-7,9-10H2,1H3;1H. The summed E-state index contributed by atoms with van der Waals surface area (Å²) < 4.78 is 14.2. The predicted molar refractivity (Wildman–Crippen MR) is 73.9 cm³/mol. The number of pyridine rings is 1. The monoisotopic (exact) mass is 273 g/mol. The molecule has 0 aromatic carbocycles. The number of aromatic nitrogens is 1. The Morgan fingerprint density at radius 2 is 2.11 bits per heavy atom. The molecule has 1 aromatic heterocycles. The fraction of sp³-hybridized carbons (Fsp3) is 0.615. The van der Waals surface area contributed by atoms with Crippen LogP contribution in [0.2, 0.25) is 0 Å². The second-order valence-corrected chi connectivity index (χ2v) is 4.83. The van der Waals surface area contributed by atoms with Crippen molar-refractivity contribution in [1.29, 1.82) is 0 Å². The topological polar surface area (TPSA) is 37.0 Å². The van der Waals surface area contributed by atoms with E-state index in [-0.39, 0.29) is 12.4 Å². The van der Waals surface area contributed by atoms with E-state index in [4.69, 9.17) is 0 Å². The summed E-state index contributed by atoms with van der Waals surface area (Å²) in [5.41, 5.74) is 1.07. The van der Waals surface area contributed by atoms with Crippen LogP contribution in [-0.4, -0.2) is 30.3 Å². The SMILES string of the molecule is Cc1ccc(CNCC2(F)CCNCC2)nc1.Cl. The number of hydrogen-bond acceptors (Lipinski definition) is 3. The number of nitrogens with one attached hydrogen (secondary N) is 2. The van der Waals surface area contributed by atoms with Crippen LogP contribution in [0.1, 0.15) is 24.1 Å². The van der Waals surface area contributed by atoms with Crippen LogP contribution < -0.4 is 10.6 Å². The molecule has 1 aliphatic heterocycles. The summed E-state index contributed by atoms with van der Waals surface area (Å²) in [7, 11) is 0. The second-order valence-electron chi connectivity index (χ2n) is 4.83. The Labute approximate surface area is 114 Å². The Kier molecular flexibility index (Phi) is 5.99. The minimum Gasteiger partial charge on any atom is -0.316 e. The molecule has 1 aromatic rings. The predicted octanol–water partition coefficient (Wildman–Crippen LogP) is 1.99. The molecule has 2 N–H and O–H groups in total. The summed E-state index contributed by atoms with van der Waals surface area (Å²) >= 11 is 0. The summed E-state index contributed by atoms with van der Waals surface area (Å²) in [5, 5.41) is 6.34. The maximum atomic E-state index is 14.2. The zero-order valence-corrected chi connectivity index (χ0v) is 11.5. The average molecular weight is 274 g/mol. The zero-order valence-electron chi connectivity index (χ0n) is 10.7. The van der Waals surface area contributed by atoms with Gasteiger partial charge in [-0.2, -0.15) is 0 Å². The van der Waals surface area contributed by atoms with Crippen LogP contribution in [0, 0.1) is 6.92 Å². The van der Waals surface area contributed by atoms with Gasteiger partial charge in [-0.25, -0.2) is 4.39 Å². The third kappa shape index (κ3) is 4.52. The molecule has 1 saturated heterocycles. The number of piperidine rings is 1. The molecule has 1 fully saturated rings. The smallest absolute Gasteiger partial charge is 0.125 e. The van der Waals surface area contributed by atoms with E-state index in [1.807, 2.05) is 25.3 Å². The van der Waals surface area contributed by atoms with Gasteiger partial charge in [0.05, 0.1) is 5.69 Å². The maximum absolute atomic E-state index is 14.2. The van der Waals surface area contributed by atoms with Gasteiger partial charge in [0.2, 0.25) is 0 Å². The largest absolute Gasteiger partial charge is 0.316 e. The van der Waals surface area contributed by atoms with Crippen molar-refractivity contribution in [3.63, 3.8) is 0 Å². The molecule has 5 heteroatoms. The van der Waals surface area contributed by atoms with Gasteiger partial charge in [0.25, 0.3) is 0 Å². The second kappa shape index (κ2) is 7.02. The first-order valence-corrected chi connectivity index (χ1v) is 6.20. The number of aryl methyl sites for hydroxylation is 1. The lowest BCUT2D eigenvalue weighted by Gasteiger charge is -2.30. The van der Waals surface area contributed by atoms with Crippen molar-refractivity contribution in [2.75, 3.05) is 19.6 Å². The van der Waals surface area contributed by atoms with Crippen LogP contribution in [0.5, 0.6) is 0 Å². The van der Waals surface area contributed by atoms with E-state index >= 15 is 0 Å². The number of halogens is 2. The van der Waals surface area contributed by atoms with Crippen LogP contribution in [0.3, 0.4) is 0 Å². The number of rotatable bonds is 4. The molecule has 3 nitrogen and oxygen atoms in total. The van der Waals surface area contributed by atoms with E-state index in [9.17, 15) is 4.39 Å². The third-order valence-corrected chi connectivity index (χ3v) is 3.22. The van der Waals surface area contributed by atoms with Crippen molar-refractivity contribution >= 4 is 12.4 Å². The summed E-state index contributed by atoms with van der Waals surface area (Å²) in [6.45, 7) is 4.63. The molecule has 0 amide bonds. The van der Waals surface area contributed by atoms with E-state index in [1.165, 1.54) is 0 Å². The van der Waals surface area contributed by atoms with Crippen molar-refractivity contribution < 1.29 is 4.39 Å². The number of nitrogens with zero attached hydrogens (tertiary/aromatic N) is 1. The molecule has 0 radical (unpaired) electrons. The van der Waals surface area contributed by atoms with Gasteiger partial charge in [-0.05, 0) is 44.5 Å². The lowest BCUT2D eigenvalue weighted by Crippen LogP contribution is -2.45. The zero-order chi connectivity index (χ0) is 12.1. The Bertz CT molecular complexity index is 350. The van der Waals surface area contributed by atoms with Crippen molar-refractivity contribution in [2.45, 2.75) is 32.0 Å². The van der Waals surface area contributed by atoms with Gasteiger partial charge in [0, 0.05) is 19.3 Å².